The van der Waals surface area contributed by atoms with Crippen molar-refractivity contribution < 1.29 is 107 Å². The van der Waals surface area contributed by atoms with Gasteiger partial charge in [-0.15, -0.1) is 63.6 Å². The number of aldehydes is 1. The van der Waals surface area contributed by atoms with Crippen LogP contribution >= 0.6 is 58.4 Å². The maximum Gasteiger partial charge on any atom is 0.310 e. The van der Waals surface area contributed by atoms with Crippen LogP contribution in [0.15, 0.2) is 104 Å². The maximum atomic E-state index is 15.3. The number of hydrazone groups is 2. The molecule has 0 spiro atoms. The standard InChI is InChI=1S/C57H82N6O18S.C13H25N3OS.C10H18N2O2.C9H18N2OS2.3C4H8.CH4.ClH/c1-11-53(6,51(77)60-19-28(2)65)25-55(8,27-56(9,39(69)23-82)26-54(7,37(67)20-61-59)24-52(4,5)36(66)16-40(70)71)38(68)21-62-63-35(22-64)57(78)17-31-43(34(18-57)81-41-15-32(58)46(72)29(3)80-41)50(76)45-44(48(31)74)47(73)30-13-12-14-33(79-10)42(30)49(45)75;1-4-11(2)18-12-7-9-16(10-12)8-5-6-13(17)15-14-3;1-4-9(2)10(7-13)8-14-6-5-12-11-3;1-4-8(2)14-13-7-5-6-9(12)11-10-3;3*1-3-4-2;;/h12-14,28-29,32,34,41,46,61-62,64-65,72,74,76,78,82H,11,15-27,58-59H2,1-10H3,(H,60,77)(H,70,71);4,11-12,14H,1,5-10H2,2-3H3,(H,15,17);4-5,7,9-11H,1,6,8H2,2-3H3;4,8,10H,1,5-7H2,2-3H3,(H,11,12);3*3H,1,4H2,2H3;1H4;1H/t28?,29?,32?,34-,41?,46?,53?,54?,55?,56?,57-;;;;;;;;/m0......../s1. The number of aliphatic carboxylic acids is 1. The lowest BCUT2D eigenvalue weighted by Crippen LogP contribution is -2.53. The Kier molecular flexibility index (Phi) is 69.5. The highest BCUT2D eigenvalue weighted by molar-refractivity contribution is 8.77. The summed E-state index contributed by atoms with van der Waals surface area (Å²) >= 11 is 6.35. The number of hydrazine groups is 3. The number of aliphatic hydroxyl groups is 4. The van der Waals surface area contributed by atoms with Crippen molar-refractivity contribution in [2.75, 3.05) is 98.8 Å². The number of ketones is 6. The number of thiol groups is 1. The van der Waals surface area contributed by atoms with Crippen molar-refractivity contribution in [1.29, 1.82) is 0 Å². The number of ether oxygens (including phenoxy) is 4. The number of Topliss-reactive ketones (excluding diaryl/α,β-unsaturated/α-hetero) is 4. The van der Waals surface area contributed by atoms with Crippen molar-refractivity contribution in [3.8, 4) is 17.2 Å². The summed E-state index contributed by atoms with van der Waals surface area (Å²) in [6, 6.07) is 3.38. The van der Waals surface area contributed by atoms with Gasteiger partial charge < -0.3 is 86.3 Å². The number of thioether (sulfide) groups is 1. The van der Waals surface area contributed by atoms with Crippen molar-refractivity contribution in [2.24, 2.45) is 60.7 Å². The summed E-state index contributed by atoms with van der Waals surface area (Å²) in [5, 5.41) is 90.9. The number of carboxylic acids is 1. The van der Waals surface area contributed by atoms with E-state index in [1.807, 2.05) is 49.1 Å². The van der Waals surface area contributed by atoms with Crippen LogP contribution in [0.2, 0.25) is 0 Å². The number of rotatable bonds is 56. The Bertz CT molecular complexity index is 4350. The molecule has 3 amide bonds. The zero-order chi connectivity index (χ0) is 107. The normalized spacial score (nSPS) is 19.9. The number of phenols is 2. The number of carboxylic acid groups (broad SMARTS) is 1. The molecule has 14 unspecified atom stereocenters. The van der Waals surface area contributed by atoms with E-state index in [0.717, 1.165) is 69.0 Å². The topological polar surface area (TPSA) is 543 Å². The van der Waals surface area contributed by atoms with Crippen LogP contribution in [0, 0.1) is 38.9 Å². The first kappa shape index (κ1) is 138. The molecule has 0 bridgehead atoms. The Balaban J connectivity index is -0.00000257. The van der Waals surface area contributed by atoms with Crippen LogP contribution in [0.3, 0.4) is 0 Å². The second-order valence-corrected chi connectivity index (χ2v) is 41.6. The quantitative estimate of drug-likeness (QED) is 0.00238. The van der Waals surface area contributed by atoms with E-state index in [0.29, 0.717) is 36.6 Å². The van der Waals surface area contributed by atoms with Gasteiger partial charge in [0.2, 0.25) is 23.5 Å². The monoisotopic (exact) mass is 2090 g/mol. The minimum Gasteiger partial charge on any atom is -0.507 e. The largest absolute Gasteiger partial charge is 0.507 e. The lowest BCUT2D eigenvalue weighted by molar-refractivity contribution is -0.245. The van der Waals surface area contributed by atoms with E-state index in [-0.39, 0.29) is 122 Å². The van der Waals surface area contributed by atoms with Crippen molar-refractivity contribution in [1.82, 2.24) is 48.2 Å². The first-order valence-electron chi connectivity index (χ1n) is 47.5. The Morgan fingerprint density at radius 1 is 0.775 bits per heavy atom. The average Bonchev–Trinajstić information content (AvgIpc) is 0.741. The number of aromatic hydroxyl groups is 2. The highest BCUT2D eigenvalue weighted by Gasteiger charge is 2.55. The van der Waals surface area contributed by atoms with E-state index in [9.17, 15) is 83.7 Å². The van der Waals surface area contributed by atoms with Gasteiger partial charge in [0.15, 0.2) is 23.6 Å². The molecule has 2 aromatic rings. The van der Waals surface area contributed by atoms with Gasteiger partial charge in [-0.25, -0.2) is 10.9 Å². The summed E-state index contributed by atoms with van der Waals surface area (Å²) in [4.78, 5) is 147. The number of benzene rings is 2. The Morgan fingerprint density at radius 3 is 1.82 bits per heavy atom. The van der Waals surface area contributed by atoms with Gasteiger partial charge in [0.1, 0.15) is 47.1 Å². The fourth-order valence-electron chi connectivity index (χ4n) is 16.1. The number of amides is 3. The Morgan fingerprint density at radius 2 is 1.32 bits per heavy atom. The molecule has 2 saturated heterocycles. The molecule has 6 rings (SSSR count). The van der Waals surface area contributed by atoms with Crippen LogP contribution in [-0.2, 0) is 63.8 Å². The summed E-state index contributed by atoms with van der Waals surface area (Å²) in [6.45, 7) is 49.8. The number of fused-ring (bicyclic) bond motifs is 3. The average molecular weight is 2100 g/mol. The molecular formula is C102H172ClN13O22S4. The van der Waals surface area contributed by atoms with Gasteiger partial charge in [-0.05, 0) is 123 Å². The molecule has 142 heavy (non-hydrogen) atoms. The van der Waals surface area contributed by atoms with E-state index < -0.39 is 183 Å². The van der Waals surface area contributed by atoms with Crippen molar-refractivity contribution in [2.45, 2.75) is 279 Å². The third kappa shape index (κ3) is 45.9. The van der Waals surface area contributed by atoms with Crippen LogP contribution in [0.5, 0.6) is 17.2 Å². The third-order valence-corrected chi connectivity index (χ3v) is 28.8. The number of aliphatic hydroxyl groups excluding tert-OH is 3. The fraction of sp³-hybridized carbons (Fsp3) is 0.637. The molecular weight excluding hydrogens is 1920 g/mol. The molecule has 0 saturated carbocycles. The van der Waals surface area contributed by atoms with Gasteiger partial charge in [0.05, 0.1) is 86.8 Å². The first-order chi connectivity index (χ1) is 65.9. The molecule has 2 fully saturated rings. The van der Waals surface area contributed by atoms with Gasteiger partial charge in [-0.3, -0.25) is 70.1 Å². The van der Waals surface area contributed by atoms with Crippen molar-refractivity contribution in [3.63, 3.8) is 0 Å². The number of hydrogen-bond acceptors (Lipinski definition) is 35. The number of nitrogens with one attached hydrogen (secondary N) is 8. The lowest BCUT2D eigenvalue weighted by Gasteiger charge is -2.46. The smallest absolute Gasteiger partial charge is 0.310 e. The fourth-order valence-corrected chi connectivity index (χ4v) is 20.0. The molecule has 0 aromatic heterocycles. The zero-order valence-electron chi connectivity index (χ0n) is 86.6. The number of allylic oxidation sites excluding steroid dienone is 4. The number of nitrogens with two attached hydrogens (primary N) is 2. The molecule has 40 heteroatoms. The Hall–Kier alpha value is -8.04. The number of hydrogen-bond donors (Lipinski definition) is 18. The highest BCUT2D eigenvalue weighted by Crippen LogP contribution is 2.55. The molecule has 16 atom stereocenters. The third-order valence-electron chi connectivity index (χ3n) is 24.2. The minimum absolute atomic E-state index is 0. The number of likely N-dealkylation sites (tertiary alicyclic amines) is 1. The van der Waals surface area contributed by atoms with Crippen molar-refractivity contribution in [3.05, 3.63) is 128 Å². The summed E-state index contributed by atoms with van der Waals surface area (Å²) in [5.74, 6) is -1.20. The molecule has 4 aliphatic rings. The second kappa shape index (κ2) is 71.5. The van der Waals surface area contributed by atoms with E-state index in [1.54, 1.807) is 75.8 Å². The van der Waals surface area contributed by atoms with Crippen LogP contribution in [0.4, 0.5) is 0 Å². The number of methoxy groups -OCH3 is 1. The lowest BCUT2D eigenvalue weighted by atomic mass is 9.56. The number of carbonyl (C=O) groups excluding carboxylic acids is 10. The van der Waals surface area contributed by atoms with Gasteiger partial charge in [0, 0.05) is 156 Å². The minimum atomic E-state index is -2.36. The van der Waals surface area contributed by atoms with Crippen LogP contribution < -0.4 is 59.6 Å². The van der Waals surface area contributed by atoms with Gasteiger partial charge in [0.25, 0.3) is 0 Å². The van der Waals surface area contributed by atoms with E-state index >= 15 is 4.79 Å². The molecule has 2 heterocycles. The Labute approximate surface area is 868 Å². The molecule has 19 N–H and O–H groups in total. The maximum absolute atomic E-state index is 15.3. The first-order valence-corrected chi connectivity index (χ1v) is 51.5. The molecule has 2 aromatic carbocycles. The zero-order valence-corrected chi connectivity index (χ0v) is 90.7. The highest BCUT2D eigenvalue weighted by atomic mass is 35.5. The predicted octanol–water partition coefficient (Wildman–Crippen LogP) is 12.1. The number of carbonyl (C=O) groups is 11. The summed E-state index contributed by atoms with van der Waals surface area (Å²) < 4.78 is 23.0. The molecule has 2 aliphatic carbocycles. The van der Waals surface area contributed by atoms with E-state index in [2.05, 4.69) is 145 Å². The van der Waals surface area contributed by atoms with Gasteiger partial charge in [-0.1, -0.05) is 154 Å². The summed E-state index contributed by atoms with van der Waals surface area (Å²) in [6.07, 6.45) is 12.4. The van der Waals surface area contributed by atoms with Gasteiger partial charge in [-0.2, -0.15) is 22.8 Å². The number of nitrogens with zero attached hydrogens (tertiary/aromatic N) is 3. The predicted molar refractivity (Wildman–Crippen MR) is 578 cm³/mol. The van der Waals surface area contributed by atoms with Crippen LogP contribution in [-0.4, -0.2) is 268 Å². The molecule has 0 radical (unpaired) electrons. The number of phenolic OH excluding ortho intramolecular Hbond substituents is 2. The van der Waals surface area contributed by atoms with E-state index in [4.69, 9.17) is 30.5 Å². The van der Waals surface area contributed by atoms with Crippen molar-refractivity contribution >= 4 is 135 Å². The molecule has 2 aliphatic heterocycles. The summed E-state index contributed by atoms with van der Waals surface area (Å²) in [7, 11) is 9.98. The molecule has 808 valence electrons. The molecule has 35 nitrogen and oxygen atoms in total. The van der Waals surface area contributed by atoms with Crippen LogP contribution in [0.25, 0.3) is 0 Å². The van der Waals surface area contributed by atoms with Gasteiger partial charge >= 0.3 is 5.97 Å². The SMILES string of the molecule is C.C=CC(C)C(C=O)COCC=NNC.C=CC(C)SC1CCN(CCCC(=O)NNC)C1.C=CC(C)SSCCCC(=O)NNC.C=CCC.C=CCC.C=CCC.CCC(C)(CC(C)(CC(C)(CC(C)(CC(C)(C)C(=O)CC(=O)O)C(=O)CNN)C(=O)CS)C(=O)CNN=C(CO)[C@]1(O)Cc2c(O)c3c(c(O)c2[C@@H](OC2CC(N)C(O)C(C)O2)C1)C(=O)c1c(OC)cccc1C3=O)C(=O)NCC(C)O.Cl. The van der Waals surface area contributed by atoms with E-state index in [1.165, 1.54) is 73.3 Å². The summed E-state index contributed by atoms with van der Waals surface area (Å²) in [5.41, 5.74) is 11.7. The number of halogens is 1. The second-order valence-electron chi connectivity index (χ2n) is 36.7. The van der Waals surface area contributed by atoms with Crippen LogP contribution in [0.1, 0.15) is 263 Å².